The molecule has 0 fully saturated rings. The van der Waals surface area contributed by atoms with E-state index in [0.29, 0.717) is 19.8 Å². The number of nitrogens with one attached hydrogen (secondary N) is 1. The molecule has 0 atom stereocenters. The predicted molar refractivity (Wildman–Crippen MR) is 81.5 cm³/mol. The molecule has 0 bridgehead atoms. The quantitative estimate of drug-likeness (QED) is 0.915. The topological polar surface area (TPSA) is 56.5 Å². The maximum Gasteiger partial charge on any atom is 0.175 e. The zero-order chi connectivity index (χ0) is 14.7. The summed E-state index contributed by atoms with van der Waals surface area (Å²) in [6.07, 6.45) is 0.902. The van der Waals surface area contributed by atoms with Crippen LogP contribution in [-0.2, 0) is 13.1 Å². The van der Waals surface area contributed by atoms with E-state index in [1.165, 1.54) is 0 Å². The number of nitrogens with zero attached hydrogens (tertiary/aromatic N) is 1. The Balaban J connectivity index is 1.65. The van der Waals surface area contributed by atoms with Gasteiger partial charge in [-0.1, -0.05) is 5.16 Å². The molecule has 21 heavy (non-hydrogen) atoms. The number of aryl methyl sites for hydroxylation is 1. The van der Waals surface area contributed by atoms with Gasteiger partial charge >= 0.3 is 0 Å². The monoisotopic (exact) mass is 352 g/mol. The third-order valence-corrected chi connectivity index (χ3v) is 3.76. The summed E-state index contributed by atoms with van der Waals surface area (Å²) in [6, 6.07) is 5.99. The van der Waals surface area contributed by atoms with Gasteiger partial charge in [0.15, 0.2) is 17.3 Å². The fraction of sp³-hybridized carbons (Fsp3) is 0.400. The van der Waals surface area contributed by atoms with Crippen molar-refractivity contribution in [3.8, 4) is 11.5 Å². The number of fused-ring (bicyclic) bond motifs is 1. The molecule has 5 nitrogen and oxygen atoms in total. The standard InChI is InChI=1S/C15H17BrN2O3/c1-10-5-12(21-18-10)9-17-8-11-6-13(16)15-14(7-11)19-3-2-4-20-15/h5-7,17H,2-4,8-9H2,1H3. The molecule has 0 saturated carbocycles. The molecule has 3 rings (SSSR count). The molecule has 1 aromatic carbocycles. The Bertz CT molecular complexity index is 627. The number of ether oxygens (including phenoxy) is 2. The molecule has 1 N–H and O–H groups in total. The molecule has 1 aromatic heterocycles. The van der Waals surface area contributed by atoms with E-state index in [-0.39, 0.29) is 0 Å². The van der Waals surface area contributed by atoms with E-state index in [9.17, 15) is 0 Å². The molecule has 2 heterocycles. The number of halogens is 1. The third kappa shape index (κ3) is 3.57. The Kier molecular flexibility index (Phi) is 4.45. The van der Waals surface area contributed by atoms with E-state index in [1.807, 2.05) is 25.1 Å². The summed E-state index contributed by atoms with van der Waals surface area (Å²) in [6.45, 7) is 4.65. The van der Waals surface area contributed by atoms with Gasteiger partial charge in [-0.15, -0.1) is 0 Å². The number of aromatic nitrogens is 1. The Morgan fingerprint density at radius 1 is 1.19 bits per heavy atom. The second-order valence-corrected chi connectivity index (χ2v) is 5.85. The Morgan fingerprint density at radius 3 is 2.86 bits per heavy atom. The second kappa shape index (κ2) is 6.49. The first-order chi connectivity index (χ1) is 10.2. The highest BCUT2D eigenvalue weighted by molar-refractivity contribution is 9.10. The largest absolute Gasteiger partial charge is 0.490 e. The summed E-state index contributed by atoms with van der Waals surface area (Å²) in [5.41, 5.74) is 2.02. The van der Waals surface area contributed by atoms with E-state index in [2.05, 4.69) is 26.4 Å². The molecule has 112 valence electrons. The number of rotatable bonds is 4. The van der Waals surface area contributed by atoms with E-state index in [1.54, 1.807) is 0 Å². The normalized spacial score (nSPS) is 14.0. The van der Waals surface area contributed by atoms with Gasteiger partial charge in [-0.05, 0) is 40.5 Å². The van der Waals surface area contributed by atoms with E-state index in [4.69, 9.17) is 14.0 Å². The van der Waals surface area contributed by atoms with Crippen LogP contribution in [0.1, 0.15) is 23.4 Å². The summed E-state index contributed by atoms with van der Waals surface area (Å²) in [7, 11) is 0. The van der Waals surface area contributed by atoms with Gasteiger partial charge in [0.2, 0.25) is 0 Å². The lowest BCUT2D eigenvalue weighted by molar-refractivity contribution is 0.296. The molecule has 1 aliphatic heterocycles. The van der Waals surface area contributed by atoms with Crippen LogP contribution in [0.4, 0.5) is 0 Å². The van der Waals surface area contributed by atoms with Gasteiger partial charge in [-0.3, -0.25) is 0 Å². The first kappa shape index (κ1) is 14.4. The van der Waals surface area contributed by atoms with Crippen LogP contribution < -0.4 is 14.8 Å². The average Bonchev–Trinajstić information content (AvgIpc) is 2.73. The van der Waals surface area contributed by atoms with Crippen LogP contribution >= 0.6 is 15.9 Å². The lowest BCUT2D eigenvalue weighted by Crippen LogP contribution is -2.12. The van der Waals surface area contributed by atoms with E-state index in [0.717, 1.165) is 46.0 Å². The smallest absolute Gasteiger partial charge is 0.175 e. The van der Waals surface area contributed by atoms with Crippen LogP contribution in [-0.4, -0.2) is 18.4 Å². The summed E-state index contributed by atoms with van der Waals surface area (Å²) in [4.78, 5) is 0. The van der Waals surface area contributed by atoms with Crippen molar-refractivity contribution >= 4 is 15.9 Å². The highest BCUT2D eigenvalue weighted by Crippen LogP contribution is 2.38. The molecule has 2 aromatic rings. The van der Waals surface area contributed by atoms with Crippen molar-refractivity contribution < 1.29 is 14.0 Å². The van der Waals surface area contributed by atoms with Gasteiger partial charge in [0, 0.05) is 19.0 Å². The zero-order valence-corrected chi connectivity index (χ0v) is 13.4. The third-order valence-electron chi connectivity index (χ3n) is 3.17. The highest BCUT2D eigenvalue weighted by atomic mass is 79.9. The second-order valence-electron chi connectivity index (χ2n) is 4.99. The summed E-state index contributed by atoms with van der Waals surface area (Å²) in [5, 5.41) is 7.20. The Hall–Kier alpha value is -1.53. The number of benzene rings is 1. The van der Waals surface area contributed by atoms with Gasteiger partial charge in [0.25, 0.3) is 0 Å². The lowest BCUT2D eigenvalue weighted by atomic mass is 10.2. The van der Waals surface area contributed by atoms with Gasteiger partial charge in [0.1, 0.15) is 0 Å². The molecule has 0 amide bonds. The van der Waals surface area contributed by atoms with Crippen molar-refractivity contribution in [2.24, 2.45) is 0 Å². The maximum atomic E-state index is 5.73. The summed E-state index contributed by atoms with van der Waals surface area (Å²) >= 11 is 3.55. The van der Waals surface area contributed by atoms with Gasteiger partial charge in [-0.2, -0.15) is 0 Å². The first-order valence-electron chi connectivity index (χ1n) is 6.93. The van der Waals surface area contributed by atoms with Crippen molar-refractivity contribution in [2.45, 2.75) is 26.4 Å². The average molecular weight is 353 g/mol. The van der Waals surface area contributed by atoms with Gasteiger partial charge in [-0.25, -0.2) is 0 Å². The molecule has 0 radical (unpaired) electrons. The minimum atomic E-state index is 0.646. The van der Waals surface area contributed by atoms with Crippen LogP contribution in [0.2, 0.25) is 0 Å². The minimum Gasteiger partial charge on any atom is -0.490 e. The van der Waals surface area contributed by atoms with E-state index < -0.39 is 0 Å². The molecule has 1 aliphatic rings. The van der Waals surface area contributed by atoms with Crippen LogP contribution in [0.25, 0.3) is 0 Å². The number of hydrogen-bond acceptors (Lipinski definition) is 5. The van der Waals surface area contributed by atoms with Crippen molar-refractivity contribution in [3.05, 3.63) is 39.7 Å². The molecule has 0 spiro atoms. The number of hydrogen-bond donors (Lipinski definition) is 1. The molecule has 0 saturated heterocycles. The van der Waals surface area contributed by atoms with Crippen LogP contribution in [0, 0.1) is 6.92 Å². The zero-order valence-electron chi connectivity index (χ0n) is 11.8. The minimum absolute atomic E-state index is 0.646. The van der Waals surface area contributed by atoms with Crippen molar-refractivity contribution in [2.75, 3.05) is 13.2 Å². The SMILES string of the molecule is Cc1cc(CNCc2cc(Br)c3c(c2)OCCCO3)on1. The van der Waals surface area contributed by atoms with Crippen molar-refractivity contribution in [1.29, 1.82) is 0 Å². The van der Waals surface area contributed by atoms with Crippen LogP contribution in [0.5, 0.6) is 11.5 Å². The highest BCUT2D eigenvalue weighted by Gasteiger charge is 2.15. The fourth-order valence-electron chi connectivity index (χ4n) is 2.22. The molecule has 0 aliphatic carbocycles. The molecular formula is C15H17BrN2O3. The molecule has 6 heteroatoms. The predicted octanol–water partition coefficient (Wildman–Crippen LogP) is 3.20. The Labute approximate surface area is 131 Å². The van der Waals surface area contributed by atoms with Crippen molar-refractivity contribution in [1.82, 2.24) is 10.5 Å². The Morgan fingerprint density at radius 2 is 2.05 bits per heavy atom. The maximum absolute atomic E-state index is 5.73. The van der Waals surface area contributed by atoms with Crippen molar-refractivity contribution in [3.63, 3.8) is 0 Å². The molecular weight excluding hydrogens is 336 g/mol. The van der Waals surface area contributed by atoms with Gasteiger partial charge < -0.3 is 19.3 Å². The van der Waals surface area contributed by atoms with Crippen LogP contribution in [0.3, 0.4) is 0 Å². The van der Waals surface area contributed by atoms with Crippen LogP contribution in [0.15, 0.2) is 27.2 Å². The van der Waals surface area contributed by atoms with E-state index >= 15 is 0 Å². The van der Waals surface area contributed by atoms with Gasteiger partial charge in [0.05, 0.1) is 29.9 Å². The summed E-state index contributed by atoms with van der Waals surface area (Å²) < 4.78 is 17.5. The first-order valence-corrected chi connectivity index (χ1v) is 7.72. The molecule has 0 unspecified atom stereocenters. The fourth-order valence-corrected chi connectivity index (χ4v) is 2.82. The lowest BCUT2D eigenvalue weighted by Gasteiger charge is -2.12. The summed E-state index contributed by atoms with van der Waals surface area (Å²) in [5.74, 6) is 2.43.